The molecule has 2 aliphatic rings. The number of hydrogen-bond donors (Lipinski definition) is 0. The van der Waals surface area contributed by atoms with Crippen molar-refractivity contribution in [2.45, 2.75) is 51.1 Å². The molecule has 5 heteroatoms. The Hall–Kier alpha value is -2.53. The van der Waals surface area contributed by atoms with E-state index in [0.717, 1.165) is 50.3 Å². The van der Waals surface area contributed by atoms with E-state index in [0.29, 0.717) is 12.6 Å². The van der Waals surface area contributed by atoms with Gasteiger partial charge in [0.25, 0.3) is 0 Å². The molecule has 0 spiro atoms. The van der Waals surface area contributed by atoms with Crippen LogP contribution in [0.2, 0.25) is 0 Å². The normalized spacial score (nSPS) is 21.5. The van der Waals surface area contributed by atoms with Crippen molar-refractivity contribution in [1.29, 1.82) is 0 Å². The van der Waals surface area contributed by atoms with E-state index in [2.05, 4.69) is 53.1 Å². The lowest BCUT2D eigenvalue weighted by Crippen LogP contribution is -2.49. The fourth-order valence-corrected chi connectivity index (χ4v) is 5.21. The summed E-state index contributed by atoms with van der Waals surface area (Å²) in [6, 6.07) is 15.1. The molecule has 2 heterocycles. The van der Waals surface area contributed by atoms with Gasteiger partial charge < -0.3 is 14.4 Å². The summed E-state index contributed by atoms with van der Waals surface area (Å²) in [4.78, 5) is 17.9. The molecule has 0 bridgehead atoms. The Kier molecular flexibility index (Phi) is 6.81. The van der Waals surface area contributed by atoms with Crippen molar-refractivity contribution >= 4 is 5.91 Å². The zero-order valence-corrected chi connectivity index (χ0v) is 19.0. The van der Waals surface area contributed by atoms with Gasteiger partial charge in [0.05, 0.1) is 26.8 Å². The van der Waals surface area contributed by atoms with Crippen molar-refractivity contribution in [3.8, 4) is 11.5 Å². The molecule has 5 nitrogen and oxygen atoms in total. The van der Waals surface area contributed by atoms with Crippen LogP contribution in [0, 0.1) is 0 Å². The Morgan fingerprint density at radius 2 is 1.77 bits per heavy atom. The number of nitrogens with zero attached hydrogens (tertiary/aromatic N) is 2. The summed E-state index contributed by atoms with van der Waals surface area (Å²) in [7, 11) is 3.35. The monoisotopic (exact) mass is 422 g/mol. The summed E-state index contributed by atoms with van der Waals surface area (Å²) in [5.41, 5.74) is 3.67. The van der Waals surface area contributed by atoms with Gasteiger partial charge in [0.2, 0.25) is 5.91 Å². The molecular weight excluding hydrogens is 388 g/mol. The predicted molar refractivity (Wildman–Crippen MR) is 123 cm³/mol. The fourth-order valence-electron chi connectivity index (χ4n) is 5.21. The maximum Gasteiger partial charge on any atom is 0.237 e. The van der Waals surface area contributed by atoms with Crippen molar-refractivity contribution in [3.63, 3.8) is 0 Å². The molecule has 31 heavy (non-hydrogen) atoms. The van der Waals surface area contributed by atoms with Crippen LogP contribution in [0.15, 0.2) is 42.5 Å². The van der Waals surface area contributed by atoms with E-state index >= 15 is 0 Å². The molecule has 4 rings (SSSR count). The Bertz CT molecular complexity index is 899. The lowest BCUT2D eigenvalue weighted by Gasteiger charge is -2.41. The van der Waals surface area contributed by atoms with Gasteiger partial charge in [-0.15, -0.1) is 0 Å². The highest BCUT2D eigenvalue weighted by molar-refractivity contribution is 5.79. The minimum Gasteiger partial charge on any atom is -0.493 e. The molecule has 0 N–H and O–H groups in total. The number of likely N-dealkylation sites (tertiary alicyclic amines) is 1. The van der Waals surface area contributed by atoms with E-state index in [4.69, 9.17) is 9.47 Å². The number of carbonyl (C=O) groups is 1. The molecule has 0 radical (unpaired) electrons. The minimum atomic E-state index is 0.0265. The summed E-state index contributed by atoms with van der Waals surface area (Å²) < 4.78 is 11.1. The number of carbonyl (C=O) groups excluding carboxylic acids is 1. The Morgan fingerprint density at radius 1 is 1.03 bits per heavy atom. The molecule has 1 saturated heterocycles. The van der Waals surface area contributed by atoms with E-state index in [1.54, 1.807) is 14.2 Å². The highest BCUT2D eigenvalue weighted by atomic mass is 16.5. The van der Waals surface area contributed by atoms with Crippen LogP contribution in [0.3, 0.4) is 0 Å². The first-order valence-corrected chi connectivity index (χ1v) is 11.5. The fraction of sp³-hybridized carbons (Fsp3) is 0.500. The number of rotatable bonds is 6. The van der Waals surface area contributed by atoms with Gasteiger partial charge in [0.1, 0.15) is 0 Å². The standard InChI is InChI=1S/C26H34N2O3/c1-4-21-12-8-9-14-28(21)25(29)18-27-15-13-20-16-23(30-2)24(31-3)17-22(20)26(27)19-10-6-5-7-11-19/h5-7,10-11,16-17,21,26H,4,8-9,12-15,18H2,1-3H3. The van der Waals surface area contributed by atoms with Crippen molar-refractivity contribution < 1.29 is 14.3 Å². The van der Waals surface area contributed by atoms with Crippen LogP contribution < -0.4 is 9.47 Å². The van der Waals surface area contributed by atoms with Crippen LogP contribution in [-0.4, -0.2) is 55.6 Å². The van der Waals surface area contributed by atoms with E-state index < -0.39 is 0 Å². The smallest absolute Gasteiger partial charge is 0.237 e. The first-order chi connectivity index (χ1) is 15.2. The number of hydrogen-bond acceptors (Lipinski definition) is 4. The molecule has 2 aliphatic heterocycles. The Morgan fingerprint density at radius 3 is 2.48 bits per heavy atom. The van der Waals surface area contributed by atoms with E-state index in [9.17, 15) is 4.79 Å². The summed E-state index contributed by atoms with van der Waals surface area (Å²) in [6.07, 6.45) is 5.40. The number of methoxy groups -OCH3 is 2. The van der Waals surface area contributed by atoms with Gasteiger partial charge >= 0.3 is 0 Å². The second-order valence-corrected chi connectivity index (χ2v) is 8.58. The van der Waals surface area contributed by atoms with Crippen molar-refractivity contribution in [2.24, 2.45) is 0 Å². The SMILES string of the molecule is CCC1CCCCN1C(=O)CN1CCc2cc(OC)c(OC)cc2C1c1ccccc1. The van der Waals surface area contributed by atoms with Crippen molar-refractivity contribution in [2.75, 3.05) is 33.9 Å². The molecule has 0 aliphatic carbocycles. The lowest BCUT2D eigenvalue weighted by molar-refractivity contribution is -0.136. The summed E-state index contributed by atoms with van der Waals surface area (Å²) in [5.74, 6) is 1.76. The highest BCUT2D eigenvalue weighted by Crippen LogP contribution is 2.41. The van der Waals surface area contributed by atoms with Crippen LogP contribution in [0.4, 0.5) is 0 Å². The van der Waals surface area contributed by atoms with E-state index in [1.165, 1.54) is 23.1 Å². The van der Waals surface area contributed by atoms with Gasteiger partial charge in [-0.25, -0.2) is 0 Å². The van der Waals surface area contributed by atoms with Crippen molar-refractivity contribution in [3.05, 3.63) is 59.2 Å². The number of amides is 1. The third-order valence-electron chi connectivity index (χ3n) is 6.85. The largest absolute Gasteiger partial charge is 0.493 e. The number of benzene rings is 2. The molecule has 2 aromatic carbocycles. The molecule has 2 atom stereocenters. The zero-order chi connectivity index (χ0) is 21.8. The van der Waals surface area contributed by atoms with Gasteiger partial charge in [0, 0.05) is 19.1 Å². The van der Waals surface area contributed by atoms with E-state index in [-0.39, 0.29) is 11.9 Å². The van der Waals surface area contributed by atoms with Crippen LogP contribution >= 0.6 is 0 Å². The molecule has 1 fully saturated rings. The van der Waals surface area contributed by atoms with Gasteiger partial charge in [0.15, 0.2) is 11.5 Å². The van der Waals surface area contributed by atoms with Crippen LogP contribution in [0.5, 0.6) is 11.5 Å². The number of fused-ring (bicyclic) bond motifs is 1. The molecular formula is C26H34N2O3. The second kappa shape index (κ2) is 9.73. The van der Waals surface area contributed by atoms with Gasteiger partial charge in [-0.3, -0.25) is 9.69 Å². The lowest BCUT2D eigenvalue weighted by atomic mass is 9.87. The van der Waals surface area contributed by atoms with Crippen LogP contribution in [0.1, 0.15) is 55.3 Å². The quantitative estimate of drug-likeness (QED) is 0.690. The predicted octanol–water partition coefficient (Wildman–Crippen LogP) is 4.44. The molecule has 1 amide bonds. The summed E-state index contributed by atoms with van der Waals surface area (Å²) >= 11 is 0. The average molecular weight is 423 g/mol. The number of ether oxygens (including phenoxy) is 2. The van der Waals surface area contributed by atoms with Crippen LogP contribution in [0.25, 0.3) is 0 Å². The van der Waals surface area contributed by atoms with Gasteiger partial charge in [-0.2, -0.15) is 0 Å². The third kappa shape index (κ3) is 4.42. The Balaban J connectivity index is 1.67. The minimum absolute atomic E-state index is 0.0265. The maximum absolute atomic E-state index is 13.4. The molecule has 166 valence electrons. The second-order valence-electron chi connectivity index (χ2n) is 8.58. The first kappa shape index (κ1) is 21.7. The van der Waals surface area contributed by atoms with E-state index in [1.807, 2.05) is 6.07 Å². The molecule has 0 aromatic heterocycles. The molecule has 0 saturated carbocycles. The van der Waals surface area contributed by atoms with Crippen molar-refractivity contribution in [1.82, 2.24) is 9.80 Å². The maximum atomic E-state index is 13.4. The highest BCUT2D eigenvalue weighted by Gasteiger charge is 2.34. The zero-order valence-electron chi connectivity index (χ0n) is 19.0. The molecule has 2 aromatic rings. The first-order valence-electron chi connectivity index (χ1n) is 11.5. The third-order valence-corrected chi connectivity index (χ3v) is 6.85. The van der Waals surface area contributed by atoms with Gasteiger partial charge in [-0.1, -0.05) is 37.3 Å². The summed E-state index contributed by atoms with van der Waals surface area (Å²) in [5, 5.41) is 0. The topological polar surface area (TPSA) is 42.0 Å². The average Bonchev–Trinajstić information content (AvgIpc) is 2.83. The molecule has 2 unspecified atom stereocenters. The number of piperidine rings is 1. The van der Waals surface area contributed by atoms with Crippen LogP contribution in [-0.2, 0) is 11.2 Å². The van der Waals surface area contributed by atoms with Gasteiger partial charge in [-0.05, 0) is 60.9 Å². The summed E-state index contributed by atoms with van der Waals surface area (Å²) in [6.45, 7) is 4.38. The Labute approximate surface area is 185 Å².